The molecular formula is C11H18N2O2. The highest BCUT2D eigenvalue weighted by Gasteiger charge is 2.17. The van der Waals surface area contributed by atoms with E-state index in [0.717, 1.165) is 19.3 Å². The quantitative estimate of drug-likeness (QED) is 0.728. The normalized spacial score (nSPS) is 12.1. The first-order chi connectivity index (χ1) is 7.27. The smallest absolute Gasteiger partial charge is 0.329 e. The van der Waals surface area contributed by atoms with E-state index >= 15 is 0 Å². The number of ether oxygens (including phenoxy) is 1. The van der Waals surface area contributed by atoms with Crippen LogP contribution >= 0.6 is 0 Å². The van der Waals surface area contributed by atoms with Crippen LogP contribution < -0.4 is 5.43 Å². The zero-order chi connectivity index (χ0) is 11.1. The summed E-state index contributed by atoms with van der Waals surface area (Å²) in [6.45, 7) is 2.10. The maximum Gasteiger partial charge on any atom is 0.329 e. The Balaban J connectivity index is 2.52. The van der Waals surface area contributed by atoms with Gasteiger partial charge in [0.05, 0.1) is 7.11 Å². The minimum atomic E-state index is -0.262. The van der Waals surface area contributed by atoms with Gasteiger partial charge in [-0.3, -0.25) is 4.68 Å². The number of carbonyl (C=O) groups excluding carboxylic acids is 1. The second-order valence-corrected chi connectivity index (χ2v) is 3.44. The van der Waals surface area contributed by atoms with Crippen LogP contribution in [0.15, 0.2) is 24.5 Å². The highest BCUT2D eigenvalue weighted by atomic mass is 16.5. The topological polar surface area (TPSA) is 43.3 Å². The van der Waals surface area contributed by atoms with Crippen LogP contribution in [-0.4, -0.2) is 23.8 Å². The molecule has 0 aliphatic carbocycles. The van der Waals surface area contributed by atoms with Gasteiger partial charge in [0, 0.05) is 12.4 Å². The molecule has 0 fully saturated rings. The lowest BCUT2D eigenvalue weighted by Gasteiger charge is -2.17. The fourth-order valence-electron chi connectivity index (χ4n) is 1.39. The first-order valence-electron chi connectivity index (χ1n) is 5.25. The maximum atomic E-state index is 11.4. The Labute approximate surface area is 90.2 Å². The second kappa shape index (κ2) is 6.11. The molecule has 0 aliphatic rings. The number of aromatic nitrogens is 1. The van der Waals surface area contributed by atoms with Gasteiger partial charge in [0.25, 0.3) is 0 Å². The highest BCUT2D eigenvalue weighted by Crippen LogP contribution is 2.04. The van der Waals surface area contributed by atoms with Gasteiger partial charge in [0.1, 0.15) is 6.04 Å². The van der Waals surface area contributed by atoms with E-state index in [1.165, 1.54) is 7.11 Å². The van der Waals surface area contributed by atoms with Crippen molar-refractivity contribution in [3.05, 3.63) is 24.5 Å². The second-order valence-electron chi connectivity index (χ2n) is 3.44. The van der Waals surface area contributed by atoms with Crippen LogP contribution in [0.5, 0.6) is 0 Å². The number of methoxy groups -OCH3 is 1. The molecule has 1 atom stereocenters. The number of hydrogen-bond donors (Lipinski definition) is 1. The van der Waals surface area contributed by atoms with Crippen molar-refractivity contribution in [2.45, 2.75) is 32.2 Å². The third-order valence-corrected chi connectivity index (χ3v) is 2.24. The van der Waals surface area contributed by atoms with Crippen molar-refractivity contribution in [3.63, 3.8) is 0 Å². The third-order valence-electron chi connectivity index (χ3n) is 2.24. The maximum absolute atomic E-state index is 11.4. The molecule has 4 nitrogen and oxygen atoms in total. The van der Waals surface area contributed by atoms with Crippen LogP contribution in [0.2, 0.25) is 0 Å². The standard InChI is InChI=1S/C11H18N2O2/c1-3-4-7-10(11(14)15-2)12-13-8-5-6-9-13/h5-6,8-10,12H,3-4,7H2,1-2H3. The third kappa shape index (κ3) is 3.65. The first kappa shape index (κ1) is 11.6. The molecule has 0 radical (unpaired) electrons. The molecule has 1 rings (SSSR count). The van der Waals surface area contributed by atoms with Crippen molar-refractivity contribution in [1.29, 1.82) is 0 Å². The van der Waals surface area contributed by atoms with Gasteiger partial charge in [-0.2, -0.15) is 0 Å². The highest BCUT2D eigenvalue weighted by molar-refractivity contribution is 5.77. The Hall–Kier alpha value is -1.45. The van der Waals surface area contributed by atoms with Gasteiger partial charge in [-0.15, -0.1) is 0 Å². The fraction of sp³-hybridized carbons (Fsp3) is 0.545. The van der Waals surface area contributed by atoms with E-state index in [1.807, 2.05) is 24.5 Å². The fourth-order valence-corrected chi connectivity index (χ4v) is 1.39. The van der Waals surface area contributed by atoms with E-state index in [9.17, 15) is 4.79 Å². The zero-order valence-corrected chi connectivity index (χ0v) is 9.27. The van der Waals surface area contributed by atoms with E-state index in [-0.39, 0.29) is 12.0 Å². The molecule has 0 spiro atoms. The van der Waals surface area contributed by atoms with E-state index < -0.39 is 0 Å². The summed E-state index contributed by atoms with van der Waals surface area (Å²) in [6.07, 6.45) is 6.60. The minimum Gasteiger partial charge on any atom is -0.467 e. The lowest BCUT2D eigenvalue weighted by atomic mass is 10.1. The number of nitrogens with one attached hydrogen (secondary N) is 1. The van der Waals surface area contributed by atoms with Crippen LogP contribution in [0.1, 0.15) is 26.2 Å². The molecule has 4 heteroatoms. The summed E-state index contributed by atoms with van der Waals surface area (Å²) in [7, 11) is 1.42. The molecule has 1 heterocycles. The lowest BCUT2D eigenvalue weighted by molar-refractivity contribution is -0.142. The zero-order valence-electron chi connectivity index (χ0n) is 9.27. The van der Waals surface area contributed by atoms with Crippen molar-refractivity contribution >= 4 is 5.97 Å². The first-order valence-corrected chi connectivity index (χ1v) is 5.25. The van der Waals surface area contributed by atoms with E-state index in [2.05, 4.69) is 12.3 Å². The average molecular weight is 210 g/mol. The van der Waals surface area contributed by atoms with Gasteiger partial charge in [0.15, 0.2) is 0 Å². The van der Waals surface area contributed by atoms with Crippen LogP contribution in [-0.2, 0) is 9.53 Å². The lowest BCUT2D eigenvalue weighted by Crippen LogP contribution is -2.35. The number of nitrogens with zero attached hydrogens (tertiary/aromatic N) is 1. The van der Waals surface area contributed by atoms with Gasteiger partial charge in [-0.25, -0.2) is 4.79 Å². The SMILES string of the molecule is CCCCC(Nn1cccc1)C(=O)OC. The Morgan fingerprint density at radius 1 is 1.47 bits per heavy atom. The minimum absolute atomic E-state index is 0.211. The van der Waals surface area contributed by atoms with E-state index in [1.54, 1.807) is 4.68 Å². The molecule has 0 amide bonds. The van der Waals surface area contributed by atoms with Gasteiger partial charge >= 0.3 is 5.97 Å². The largest absolute Gasteiger partial charge is 0.467 e. The number of esters is 1. The van der Waals surface area contributed by atoms with Crippen molar-refractivity contribution < 1.29 is 9.53 Å². The predicted octanol–water partition coefficient (Wildman–Crippen LogP) is 1.76. The summed E-state index contributed by atoms with van der Waals surface area (Å²) in [5, 5.41) is 0. The van der Waals surface area contributed by atoms with Crippen LogP contribution in [0.4, 0.5) is 0 Å². The average Bonchev–Trinajstić information content (AvgIpc) is 2.75. The van der Waals surface area contributed by atoms with Gasteiger partial charge < -0.3 is 10.2 Å². The predicted molar refractivity (Wildman–Crippen MR) is 59.1 cm³/mol. The Bertz CT molecular complexity index is 283. The van der Waals surface area contributed by atoms with Gasteiger partial charge in [0.2, 0.25) is 0 Å². The number of carbonyl (C=O) groups is 1. The summed E-state index contributed by atoms with van der Waals surface area (Å²) >= 11 is 0. The molecule has 15 heavy (non-hydrogen) atoms. The molecule has 1 unspecified atom stereocenters. The number of hydrogen-bond acceptors (Lipinski definition) is 3. The van der Waals surface area contributed by atoms with Gasteiger partial charge in [-0.1, -0.05) is 19.8 Å². The van der Waals surface area contributed by atoms with Crippen molar-refractivity contribution in [3.8, 4) is 0 Å². The summed E-state index contributed by atoms with van der Waals surface area (Å²) in [4.78, 5) is 11.4. The number of unbranched alkanes of at least 4 members (excludes halogenated alkanes) is 1. The van der Waals surface area contributed by atoms with Crippen molar-refractivity contribution in [2.75, 3.05) is 12.5 Å². The van der Waals surface area contributed by atoms with Crippen molar-refractivity contribution in [1.82, 2.24) is 4.68 Å². The molecule has 84 valence electrons. The molecule has 0 aliphatic heterocycles. The van der Waals surface area contributed by atoms with Crippen LogP contribution in [0.3, 0.4) is 0 Å². The summed E-state index contributed by atoms with van der Waals surface area (Å²) < 4.78 is 6.52. The summed E-state index contributed by atoms with van der Waals surface area (Å²) in [5.74, 6) is -0.211. The molecule has 0 saturated carbocycles. The van der Waals surface area contributed by atoms with Crippen LogP contribution in [0.25, 0.3) is 0 Å². The Morgan fingerprint density at radius 2 is 2.13 bits per heavy atom. The summed E-state index contributed by atoms with van der Waals surface area (Å²) in [6, 6.07) is 3.55. The molecule has 0 saturated heterocycles. The van der Waals surface area contributed by atoms with Crippen LogP contribution in [0, 0.1) is 0 Å². The molecule has 1 N–H and O–H groups in total. The molecular weight excluding hydrogens is 192 g/mol. The molecule has 0 aromatic carbocycles. The number of rotatable bonds is 6. The van der Waals surface area contributed by atoms with Crippen molar-refractivity contribution in [2.24, 2.45) is 0 Å². The van der Waals surface area contributed by atoms with E-state index in [0.29, 0.717) is 0 Å². The van der Waals surface area contributed by atoms with Gasteiger partial charge in [-0.05, 0) is 18.6 Å². The Morgan fingerprint density at radius 3 is 2.67 bits per heavy atom. The molecule has 1 aromatic heterocycles. The molecule has 1 aromatic rings. The molecule has 0 bridgehead atoms. The Kier molecular flexibility index (Phi) is 4.74. The summed E-state index contributed by atoms with van der Waals surface area (Å²) in [5.41, 5.74) is 3.09. The van der Waals surface area contributed by atoms with E-state index in [4.69, 9.17) is 4.74 Å². The monoisotopic (exact) mass is 210 g/mol.